The van der Waals surface area contributed by atoms with E-state index in [-0.39, 0.29) is 12.7 Å². The Bertz CT molecular complexity index is 395. The summed E-state index contributed by atoms with van der Waals surface area (Å²) in [5.41, 5.74) is 1.17. The molecule has 0 aromatic heterocycles. The highest BCUT2D eigenvalue weighted by molar-refractivity contribution is 5.14. The standard InChI is InChI=1S/C17H27NO4/c19-9-8-18(11-15-5-2-1-3-6-15)12-16(20)13-21-14-17-7-4-10-22-17/h1-3,5-6,16-17,19-20H,4,7-14H2/t16-,17-/m0/s1. The van der Waals surface area contributed by atoms with Gasteiger partial charge in [-0.2, -0.15) is 0 Å². The van der Waals surface area contributed by atoms with E-state index in [1.807, 2.05) is 35.2 Å². The Morgan fingerprint density at radius 1 is 1.32 bits per heavy atom. The van der Waals surface area contributed by atoms with Crippen LogP contribution in [0.3, 0.4) is 0 Å². The fourth-order valence-electron chi connectivity index (χ4n) is 2.68. The van der Waals surface area contributed by atoms with E-state index in [1.165, 1.54) is 5.56 Å². The predicted molar refractivity (Wildman–Crippen MR) is 84.6 cm³/mol. The molecule has 1 aromatic carbocycles. The molecule has 5 nitrogen and oxygen atoms in total. The molecule has 0 amide bonds. The van der Waals surface area contributed by atoms with Gasteiger partial charge in [0.25, 0.3) is 0 Å². The van der Waals surface area contributed by atoms with Crippen LogP contribution in [0, 0.1) is 0 Å². The number of nitrogens with zero attached hydrogens (tertiary/aromatic N) is 1. The van der Waals surface area contributed by atoms with Gasteiger partial charge < -0.3 is 19.7 Å². The minimum Gasteiger partial charge on any atom is -0.395 e. The van der Waals surface area contributed by atoms with Crippen molar-refractivity contribution in [3.05, 3.63) is 35.9 Å². The van der Waals surface area contributed by atoms with Crippen molar-refractivity contribution in [1.29, 1.82) is 0 Å². The van der Waals surface area contributed by atoms with E-state index >= 15 is 0 Å². The average molecular weight is 309 g/mol. The van der Waals surface area contributed by atoms with Gasteiger partial charge in [0.1, 0.15) is 0 Å². The van der Waals surface area contributed by atoms with Gasteiger partial charge in [-0.25, -0.2) is 0 Å². The van der Waals surface area contributed by atoms with Gasteiger partial charge in [0.2, 0.25) is 0 Å². The topological polar surface area (TPSA) is 62.2 Å². The molecule has 1 aliphatic heterocycles. The fraction of sp³-hybridized carbons (Fsp3) is 0.647. The zero-order valence-corrected chi connectivity index (χ0v) is 13.1. The van der Waals surface area contributed by atoms with Crippen molar-refractivity contribution >= 4 is 0 Å². The van der Waals surface area contributed by atoms with Gasteiger partial charge in [0.05, 0.1) is 32.0 Å². The first kappa shape index (κ1) is 17.4. The molecule has 2 N–H and O–H groups in total. The molecule has 1 aliphatic rings. The van der Waals surface area contributed by atoms with Gasteiger partial charge in [-0.3, -0.25) is 4.90 Å². The quantitative estimate of drug-likeness (QED) is 0.676. The predicted octanol–water partition coefficient (Wildman–Crippen LogP) is 1.04. The van der Waals surface area contributed by atoms with E-state index in [4.69, 9.17) is 9.47 Å². The molecule has 1 fully saturated rings. The Morgan fingerprint density at radius 3 is 2.82 bits per heavy atom. The minimum absolute atomic E-state index is 0.0797. The summed E-state index contributed by atoms with van der Waals surface area (Å²) >= 11 is 0. The van der Waals surface area contributed by atoms with E-state index in [1.54, 1.807) is 0 Å². The molecule has 0 saturated carbocycles. The SMILES string of the molecule is OCCN(Cc1ccccc1)C[C@H](O)COC[C@@H]1CCCO1. The molecule has 0 bridgehead atoms. The van der Waals surface area contributed by atoms with Crippen LogP contribution in [0.2, 0.25) is 0 Å². The maximum absolute atomic E-state index is 10.1. The Labute approximate surface area is 132 Å². The smallest absolute Gasteiger partial charge is 0.0900 e. The third-order valence-corrected chi connectivity index (χ3v) is 3.77. The highest BCUT2D eigenvalue weighted by Gasteiger charge is 2.17. The number of benzene rings is 1. The summed E-state index contributed by atoms with van der Waals surface area (Å²) < 4.78 is 11.0. The Hall–Kier alpha value is -0.980. The van der Waals surface area contributed by atoms with E-state index in [9.17, 15) is 10.2 Å². The first-order valence-electron chi connectivity index (χ1n) is 8.02. The van der Waals surface area contributed by atoms with Crippen LogP contribution < -0.4 is 0 Å². The Kier molecular flexibility index (Phi) is 7.83. The zero-order chi connectivity index (χ0) is 15.6. The van der Waals surface area contributed by atoms with Crippen molar-refractivity contribution in [2.45, 2.75) is 31.6 Å². The summed E-state index contributed by atoms with van der Waals surface area (Å²) in [6.45, 7) is 3.49. The molecule has 0 aliphatic carbocycles. The van der Waals surface area contributed by atoms with Gasteiger partial charge in [-0.15, -0.1) is 0 Å². The molecule has 1 aromatic rings. The number of hydrogen-bond donors (Lipinski definition) is 2. The second-order valence-corrected chi connectivity index (χ2v) is 5.77. The number of aliphatic hydroxyl groups is 2. The maximum Gasteiger partial charge on any atom is 0.0900 e. The van der Waals surface area contributed by atoms with Crippen molar-refractivity contribution in [2.24, 2.45) is 0 Å². The van der Waals surface area contributed by atoms with Crippen LogP contribution >= 0.6 is 0 Å². The Balaban J connectivity index is 1.69. The van der Waals surface area contributed by atoms with E-state index in [2.05, 4.69) is 0 Å². The second-order valence-electron chi connectivity index (χ2n) is 5.77. The third-order valence-electron chi connectivity index (χ3n) is 3.77. The maximum atomic E-state index is 10.1. The first-order chi connectivity index (χ1) is 10.8. The zero-order valence-electron chi connectivity index (χ0n) is 13.1. The van der Waals surface area contributed by atoms with Crippen LogP contribution in [-0.4, -0.2) is 66.8 Å². The molecule has 1 heterocycles. The largest absolute Gasteiger partial charge is 0.395 e. The van der Waals surface area contributed by atoms with Crippen LogP contribution in [0.25, 0.3) is 0 Å². The van der Waals surface area contributed by atoms with E-state index in [0.29, 0.717) is 32.8 Å². The molecule has 5 heteroatoms. The van der Waals surface area contributed by atoms with Crippen LogP contribution in [0.5, 0.6) is 0 Å². The van der Waals surface area contributed by atoms with Crippen molar-refractivity contribution < 1.29 is 19.7 Å². The summed E-state index contributed by atoms with van der Waals surface area (Å²) in [5.74, 6) is 0. The fourth-order valence-corrected chi connectivity index (χ4v) is 2.68. The molecule has 2 rings (SSSR count). The summed E-state index contributed by atoms with van der Waals surface area (Å²) in [7, 11) is 0. The number of rotatable bonds is 10. The lowest BCUT2D eigenvalue weighted by Crippen LogP contribution is -2.36. The van der Waals surface area contributed by atoms with Crippen LogP contribution in [-0.2, 0) is 16.0 Å². The lowest BCUT2D eigenvalue weighted by molar-refractivity contribution is -0.0267. The molecule has 2 atom stereocenters. The van der Waals surface area contributed by atoms with Crippen molar-refractivity contribution in [2.75, 3.05) is 39.5 Å². The normalized spacial score (nSPS) is 19.7. The molecular formula is C17H27NO4. The molecule has 1 saturated heterocycles. The number of aliphatic hydroxyl groups excluding tert-OH is 2. The summed E-state index contributed by atoms with van der Waals surface area (Å²) in [6, 6.07) is 10.1. The van der Waals surface area contributed by atoms with Crippen molar-refractivity contribution in [3.8, 4) is 0 Å². The van der Waals surface area contributed by atoms with Gasteiger partial charge in [0, 0.05) is 26.2 Å². The van der Waals surface area contributed by atoms with E-state index < -0.39 is 6.10 Å². The van der Waals surface area contributed by atoms with Crippen LogP contribution in [0.4, 0.5) is 0 Å². The molecule has 0 spiro atoms. The van der Waals surface area contributed by atoms with Gasteiger partial charge in [-0.1, -0.05) is 30.3 Å². The molecular weight excluding hydrogens is 282 g/mol. The lowest BCUT2D eigenvalue weighted by Gasteiger charge is -2.24. The minimum atomic E-state index is -0.559. The summed E-state index contributed by atoms with van der Waals surface area (Å²) in [6.07, 6.45) is 1.76. The number of ether oxygens (including phenoxy) is 2. The number of hydrogen-bond acceptors (Lipinski definition) is 5. The Morgan fingerprint density at radius 2 is 2.14 bits per heavy atom. The second kappa shape index (κ2) is 9.92. The van der Waals surface area contributed by atoms with Crippen molar-refractivity contribution in [3.63, 3.8) is 0 Å². The molecule has 0 unspecified atom stereocenters. The first-order valence-corrected chi connectivity index (χ1v) is 8.02. The summed E-state index contributed by atoms with van der Waals surface area (Å²) in [4.78, 5) is 2.04. The van der Waals surface area contributed by atoms with Crippen LogP contribution in [0.1, 0.15) is 18.4 Å². The van der Waals surface area contributed by atoms with Gasteiger partial charge in [0.15, 0.2) is 0 Å². The highest BCUT2D eigenvalue weighted by atomic mass is 16.5. The van der Waals surface area contributed by atoms with Crippen LogP contribution in [0.15, 0.2) is 30.3 Å². The average Bonchev–Trinajstić information content (AvgIpc) is 3.02. The third kappa shape index (κ3) is 6.42. The molecule has 22 heavy (non-hydrogen) atoms. The highest BCUT2D eigenvalue weighted by Crippen LogP contribution is 2.12. The summed E-state index contributed by atoms with van der Waals surface area (Å²) in [5, 5.41) is 19.3. The lowest BCUT2D eigenvalue weighted by atomic mass is 10.2. The van der Waals surface area contributed by atoms with Gasteiger partial charge >= 0.3 is 0 Å². The monoisotopic (exact) mass is 309 g/mol. The molecule has 0 radical (unpaired) electrons. The van der Waals surface area contributed by atoms with E-state index in [0.717, 1.165) is 19.4 Å². The molecule has 124 valence electrons. The van der Waals surface area contributed by atoms with Crippen molar-refractivity contribution in [1.82, 2.24) is 4.90 Å². The van der Waals surface area contributed by atoms with Gasteiger partial charge in [-0.05, 0) is 18.4 Å².